The topological polar surface area (TPSA) is 46.6 Å². The molecule has 21 heavy (non-hydrogen) atoms. The van der Waals surface area contributed by atoms with Crippen molar-refractivity contribution in [1.29, 1.82) is 0 Å². The summed E-state index contributed by atoms with van der Waals surface area (Å²) in [5, 5.41) is 0.476. The number of carbonyl (C=O) groups excluding carboxylic acids is 2. The fraction of sp³-hybridized carbons (Fsp3) is 0.143. The van der Waals surface area contributed by atoms with Crippen molar-refractivity contribution in [1.82, 2.24) is 0 Å². The molecular weight excluding hydrogens is 333 g/mol. The first kappa shape index (κ1) is 14.4. The summed E-state index contributed by atoms with van der Waals surface area (Å²) in [6.07, 6.45) is 0. The Morgan fingerprint density at radius 3 is 2.81 bits per heavy atom. The second-order valence-electron chi connectivity index (χ2n) is 4.41. The smallest absolute Gasteiger partial charge is 0.265 e. The molecule has 2 aromatic rings. The molecule has 2 heterocycles. The minimum Gasteiger partial charge on any atom is -0.482 e. The number of amides is 1. The lowest BCUT2D eigenvalue weighted by atomic mass is 10.2. The van der Waals surface area contributed by atoms with Gasteiger partial charge in [0.2, 0.25) is 0 Å². The molecule has 1 aliphatic rings. The Labute approximate surface area is 134 Å². The SMILES string of the molecule is O=C(CN1C(=O)COc2ccc(Cl)cc21)c1ccc(Cl)s1. The van der Waals surface area contributed by atoms with E-state index in [9.17, 15) is 9.59 Å². The van der Waals surface area contributed by atoms with Gasteiger partial charge in [0.1, 0.15) is 5.75 Å². The molecule has 1 amide bonds. The van der Waals surface area contributed by atoms with Gasteiger partial charge in [0.25, 0.3) is 5.91 Å². The van der Waals surface area contributed by atoms with Crippen LogP contribution >= 0.6 is 34.5 Å². The number of ether oxygens (including phenoxy) is 1. The molecule has 0 radical (unpaired) electrons. The predicted octanol–water partition coefficient (Wildman–Crippen LogP) is 3.66. The van der Waals surface area contributed by atoms with E-state index in [0.717, 1.165) is 0 Å². The molecule has 108 valence electrons. The van der Waals surface area contributed by atoms with Gasteiger partial charge >= 0.3 is 0 Å². The number of carbonyl (C=O) groups is 2. The van der Waals surface area contributed by atoms with Gasteiger partial charge in [-0.1, -0.05) is 23.2 Å². The molecule has 7 heteroatoms. The quantitative estimate of drug-likeness (QED) is 0.800. The normalized spacial score (nSPS) is 13.8. The fourth-order valence-corrected chi connectivity index (χ4v) is 3.17. The minimum absolute atomic E-state index is 0.0631. The van der Waals surface area contributed by atoms with Gasteiger partial charge in [-0.05, 0) is 30.3 Å². The van der Waals surface area contributed by atoms with Gasteiger partial charge in [-0.25, -0.2) is 0 Å². The molecule has 0 atom stereocenters. The molecule has 0 spiro atoms. The van der Waals surface area contributed by atoms with Crippen LogP contribution in [0.3, 0.4) is 0 Å². The van der Waals surface area contributed by atoms with Gasteiger partial charge in [0, 0.05) is 5.02 Å². The number of anilines is 1. The summed E-state index contributed by atoms with van der Waals surface area (Å²) in [4.78, 5) is 26.2. The number of nitrogens with zero attached hydrogens (tertiary/aromatic N) is 1. The van der Waals surface area contributed by atoms with Crippen LogP contribution in [0, 0.1) is 0 Å². The van der Waals surface area contributed by atoms with Crippen LogP contribution in [-0.4, -0.2) is 24.8 Å². The van der Waals surface area contributed by atoms with Crippen molar-refractivity contribution in [3.05, 3.63) is 44.6 Å². The van der Waals surface area contributed by atoms with E-state index in [1.165, 1.54) is 16.2 Å². The maximum absolute atomic E-state index is 12.3. The standard InChI is InChI=1S/C14H9Cl2NO3S/c15-8-1-2-11-9(5-8)17(14(19)7-20-11)6-10(18)12-3-4-13(16)21-12/h1-5H,6-7H2. The lowest BCUT2D eigenvalue weighted by Gasteiger charge is -2.28. The van der Waals surface area contributed by atoms with Crippen LogP contribution in [0.5, 0.6) is 5.75 Å². The van der Waals surface area contributed by atoms with Crippen LogP contribution in [0.4, 0.5) is 5.69 Å². The lowest BCUT2D eigenvalue weighted by Crippen LogP contribution is -2.41. The molecule has 3 rings (SSSR count). The molecule has 0 aliphatic carbocycles. The van der Waals surface area contributed by atoms with E-state index < -0.39 is 0 Å². The summed E-state index contributed by atoms with van der Waals surface area (Å²) in [5.41, 5.74) is 0.509. The fourth-order valence-electron chi connectivity index (χ4n) is 2.03. The van der Waals surface area contributed by atoms with Crippen LogP contribution < -0.4 is 9.64 Å². The van der Waals surface area contributed by atoms with Crippen molar-refractivity contribution >= 4 is 51.9 Å². The van der Waals surface area contributed by atoms with E-state index in [-0.39, 0.29) is 24.8 Å². The first-order valence-electron chi connectivity index (χ1n) is 6.06. The minimum atomic E-state index is -0.277. The summed E-state index contributed by atoms with van der Waals surface area (Å²) >= 11 is 13.0. The highest BCUT2D eigenvalue weighted by molar-refractivity contribution is 7.18. The van der Waals surface area contributed by atoms with E-state index in [1.807, 2.05) is 0 Å². The summed E-state index contributed by atoms with van der Waals surface area (Å²) in [5.74, 6) is 0.0878. The molecule has 0 saturated heterocycles. The van der Waals surface area contributed by atoms with Crippen molar-refractivity contribution in [3.8, 4) is 5.75 Å². The van der Waals surface area contributed by atoms with Crippen molar-refractivity contribution in [2.45, 2.75) is 0 Å². The maximum atomic E-state index is 12.3. The Balaban J connectivity index is 1.90. The summed E-state index contributed by atoms with van der Waals surface area (Å²) in [7, 11) is 0. The zero-order valence-corrected chi connectivity index (χ0v) is 13.0. The number of hydrogen-bond acceptors (Lipinski definition) is 4. The molecule has 0 unspecified atom stereocenters. The Bertz CT molecular complexity index is 729. The van der Waals surface area contributed by atoms with Crippen LogP contribution in [0.1, 0.15) is 9.67 Å². The third-order valence-corrected chi connectivity index (χ3v) is 4.52. The summed E-state index contributed by atoms with van der Waals surface area (Å²) in [6, 6.07) is 8.28. The highest BCUT2D eigenvalue weighted by Crippen LogP contribution is 2.34. The second kappa shape index (κ2) is 5.67. The molecule has 1 aliphatic heterocycles. The molecule has 1 aromatic carbocycles. The monoisotopic (exact) mass is 341 g/mol. The van der Waals surface area contributed by atoms with Gasteiger partial charge in [-0.3, -0.25) is 14.5 Å². The molecular formula is C14H9Cl2NO3S. The zero-order valence-electron chi connectivity index (χ0n) is 10.6. The number of ketones is 1. The third kappa shape index (κ3) is 2.90. The number of rotatable bonds is 3. The molecule has 0 saturated carbocycles. The van der Waals surface area contributed by atoms with E-state index >= 15 is 0 Å². The van der Waals surface area contributed by atoms with Crippen LogP contribution in [0.15, 0.2) is 30.3 Å². The Morgan fingerprint density at radius 2 is 2.10 bits per heavy atom. The Kier molecular flexibility index (Phi) is 3.89. The van der Waals surface area contributed by atoms with Crippen molar-refractivity contribution < 1.29 is 14.3 Å². The number of hydrogen-bond donors (Lipinski definition) is 0. The molecule has 0 fully saturated rings. The lowest BCUT2D eigenvalue weighted by molar-refractivity contribution is -0.121. The van der Waals surface area contributed by atoms with E-state index in [2.05, 4.69) is 0 Å². The van der Waals surface area contributed by atoms with E-state index in [4.69, 9.17) is 27.9 Å². The summed E-state index contributed by atoms with van der Waals surface area (Å²) in [6.45, 7) is -0.153. The first-order valence-corrected chi connectivity index (χ1v) is 7.63. The van der Waals surface area contributed by atoms with Crippen LogP contribution in [0.2, 0.25) is 9.36 Å². The number of thiophene rings is 1. The van der Waals surface area contributed by atoms with Gasteiger partial charge in [0.05, 0.1) is 21.4 Å². The van der Waals surface area contributed by atoms with Crippen molar-refractivity contribution in [2.75, 3.05) is 18.1 Å². The van der Waals surface area contributed by atoms with Crippen LogP contribution in [-0.2, 0) is 4.79 Å². The predicted molar refractivity (Wildman–Crippen MR) is 83.0 cm³/mol. The van der Waals surface area contributed by atoms with Gasteiger partial charge in [-0.15, -0.1) is 11.3 Å². The average molecular weight is 342 g/mol. The second-order valence-corrected chi connectivity index (χ2v) is 6.56. The van der Waals surface area contributed by atoms with Crippen molar-refractivity contribution in [2.24, 2.45) is 0 Å². The molecule has 4 nitrogen and oxygen atoms in total. The third-order valence-electron chi connectivity index (χ3n) is 3.01. The first-order chi connectivity index (χ1) is 10.0. The number of Topliss-reactive ketones (excluding diaryl/α,β-unsaturated/α-hetero) is 1. The van der Waals surface area contributed by atoms with E-state index in [0.29, 0.717) is 25.7 Å². The highest BCUT2D eigenvalue weighted by Gasteiger charge is 2.28. The van der Waals surface area contributed by atoms with Gasteiger partial charge in [0.15, 0.2) is 12.4 Å². The maximum Gasteiger partial charge on any atom is 0.265 e. The van der Waals surface area contributed by atoms with Gasteiger partial charge in [-0.2, -0.15) is 0 Å². The average Bonchev–Trinajstić information content (AvgIpc) is 2.89. The molecule has 1 aromatic heterocycles. The number of fused-ring (bicyclic) bond motifs is 1. The Hall–Kier alpha value is -1.56. The molecule has 0 N–H and O–H groups in total. The van der Waals surface area contributed by atoms with Crippen LogP contribution in [0.25, 0.3) is 0 Å². The van der Waals surface area contributed by atoms with E-state index in [1.54, 1.807) is 30.3 Å². The largest absolute Gasteiger partial charge is 0.482 e. The zero-order chi connectivity index (χ0) is 15.0. The number of benzene rings is 1. The highest BCUT2D eigenvalue weighted by atomic mass is 35.5. The Morgan fingerprint density at radius 1 is 1.29 bits per heavy atom. The van der Waals surface area contributed by atoms with Gasteiger partial charge < -0.3 is 4.74 Å². The number of halogens is 2. The summed E-state index contributed by atoms with van der Waals surface area (Å²) < 4.78 is 5.87. The molecule has 0 bridgehead atoms. The van der Waals surface area contributed by atoms with Crippen molar-refractivity contribution in [3.63, 3.8) is 0 Å².